The van der Waals surface area contributed by atoms with Crippen molar-refractivity contribution < 1.29 is 14.3 Å². The zero-order chi connectivity index (χ0) is 25.0. The second-order valence-electron chi connectivity index (χ2n) is 8.45. The van der Waals surface area contributed by atoms with E-state index in [2.05, 4.69) is 27.2 Å². The minimum Gasteiger partial charge on any atom is -0.492 e. The number of benzene rings is 1. The van der Waals surface area contributed by atoms with Gasteiger partial charge < -0.3 is 25.8 Å². The van der Waals surface area contributed by atoms with E-state index < -0.39 is 0 Å². The zero-order valence-electron chi connectivity index (χ0n) is 20.5. The molecule has 1 aromatic heterocycles. The van der Waals surface area contributed by atoms with Crippen molar-refractivity contribution in [3.8, 4) is 5.75 Å². The maximum absolute atomic E-state index is 10.9. The molecule has 0 aliphatic carbocycles. The van der Waals surface area contributed by atoms with Crippen LogP contribution in [0.5, 0.6) is 5.75 Å². The fraction of sp³-hybridized carbons (Fsp3) is 0.370. The summed E-state index contributed by atoms with van der Waals surface area (Å²) < 4.78 is 11.2. The van der Waals surface area contributed by atoms with Gasteiger partial charge in [0.25, 0.3) is 0 Å². The van der Waals surface area contributed by atoms with E-state index in [4.69, 9.17) is 15.2 Å². The van der Waals surface area contributed by atoms with Crippen molar-refractivity contribution in [1.29, 1.82) is 0 Å². The Morgan fingerprint density at radius 2 is 2.23 bits per heavy atom. The molecule has 8 heteroatoms. The summed E-state index contributed by atoms with van der Waals surface area (Å²) in [6.07, 6.45) is 9.90. The Morgan fingerprint density at radius 3 is 2.94 bits per heavy atom. The molecule has 0 saturated carbocycles. The first-order valence-corrected chi connectivity index (χ1v) is 11.9. The molecule has 186 valence electrons. The van der Waals surface area contributed by atoms with Crippen LogP contribution in [-0.2, 0) is 17.7 Å². The molecule has 1 unspecified atom stereocenters. The number of ether oxygens (including phenoxy) is 2. The molecule has 1 aromatic carbocycles. The number of carbonyl (C=O) groups is 1. The third-order valence-corrected chi connectivity index (χ3v) is 5.72. The van der Waals surface area contributed by atoms with Crippen LogP contribution >= 0.6 is 0 Å². The van der Waals surface area contributed by atoms with Crippen LogP contribution in [0.15, 0.2) is 53.9 Å². The van der Waals surface area contributed by atoms with Crippen molar-refractivity contribution in [3.63, 3.8) is 0 Å². The molecular weight excluding hydrogens is 442 g/mol. The summed E-state index contributed by atoms with van der Waals surface area (Å²) in [5.74, 6) is 1.92. The molecule has 1 saturated heterocycles. The molecule has 1 fully saturated rings. The maximum atomic E-state index is 10.9. The van der Waals surface area contributed by atoms with Crippen molar-refractivity contribution >= 4 is 23.9 Å². The van der Waals surface area contributed by atoms with Crippen molar-refractivity contribution in [1.82, 2.24) is 10.3 Å². The number of hydrogen-bond donors (Lipinski definition) is 3. The summed E-state index contributed by atoms with van der Waals surface area (Å²) in [7, 11) is 1.96. The van der Waals surface area contributed by atoms with Crippen LogP contribution in [0.25, 0.3) is 5.57 Å². The zero-order valence-corrected chi connectivity index (χ0v) is 20.5. The Kier molecular flexibility index (Phi) is 10.0. The van der Waals surface area contributed by atoms with Gasteiger partial charge in [0.2, 0.25) is 0 Å². The summed E-state index contributed by atoms with van der Waals surface area (Å²) in [6.45, 7) is 8.70. The first kappa shape index (κ1) is 26.1. The molecule has 0 bridgehead atoms. The lowest BCUT2D eigenvalue weighted by atomic mass is 10.0. The molecule has 2 aliphatic heterocycles. The van der Waals surface area contributed by atoms with E-state index in [0.717, 1.165) is 59.7 Å². The quantitative estimate of drug-likeness (QED) is 0.373. The van der Waals surface area contributed by atoms with E-state index in [-0.39, 0.29) is 5.82 Å². The number of aromatic nitrogens is 1. The molecule has 2 aliphatic rings. The van der Waals surface area contributed by atoms with Gasteiger partial charge in [-0.3, -0.25) is 4.79 Å². The highest BCUT2D eigenvalue weighted by atomic mass is 16.5. The molecule has 4 N–H and O–H groups in total. The van der Waals surface area contributed by atoms with Crippen molar-refractivity contribution in [3.05, 3.63) is 71.2 Å². The Bertz CT molecular complexity index is 1070. The summed E-state index contributed by atoms with van der Waals surface area (Å²) in [5.41, 5.74) is 10.1. The van der Waals surface area contributed by atoms with Gasteiger partial charge in [-0.1, -0.05) is 24.8 Å². The Balaban J connectivity index is 0.000000363. The average Bonchev–Trinajstić information content (AvgIpc) is 3.55. The van der Waals surface area contributed by atoms with Crippen molar-refractivity contribution in [2.75, 3.05) is 32.1 Å². The lowest BCUT2D eigenvalue weighted by Gasteiger charge is -2.13. The van der Waals surface area contributed by atoms with E-state index in [9.17, 15) is 4.79 Å². The Hall–Kier alpha value is -3.49. The fourth-order valence-corrected chi connectivity index (χ4v) is 3.95. The smallest absolute Gasteiger partial charge is 0.150 e. The highest BCUT2D eigenvalue weighted by Gasteiger charge is 2.22. The number of fused-ring (bicyclic) bond motifs is 1. The molecule has 0 spiro atoms. The average molecular weight is 478 g/mol. The lowest BCUT2D eigenvalue weighted by Crippen LogP contribution is -2.22. The predicted molar refractivity (Wildman–Crippen MR) is 141 cm³/mol. The number of aldehydes is 1. The Morgan fingerprint density at radius 1 is 1.37 bits per heavy atom. The maximum Gasteiger partial charge on any atom is 0.150 e. The summed E-state index contributed by atoms with van der Waals surface area (Å²) in [6, 6.07) is 7.50. The first-order valence-electron chi connectivity index (χ1n) is 11.9. The number of aliphatic imine (C=N–C) groups is 1. The Labute approximate surface area is 207 Å². The van der Waals surface area contributed by atoms with Gasteiger partial charge in [0.15, 0.2) is 0 Å². The number of carbonyl (C=O) groups excluding carboxylic acids is 1. The summed E-state index contributed by atoms with van der Waals surface area (Å²) >= 11 is 0. The standard InChI is InChI=1S/C21H22N4O2.C6H13NO/c1-14(6-8-23-15(2)22)19-12-25-21(18-7-9-27-20(18)19)24-11-16-4-3-5-17(10-16)13-26;1-7-5-6-3-2-4-8-6/h3-6,8,10,12-13H,2,7,9,11,22H2,1H3,(H,24,25);6-7H,2-5H2,1H3/b14-6+,23-8-;. The van der Waals surface area contributed by atoms with Gasteiger partial charge in [-0.05, 0) is 50.1 Å². The lowest BCUT2D eigenvalue weighted by molar-refractivity contribution is 0.111. The topological polar surface area (TPSA) is 111 Å². The van der Waals surface area contributed by atoms with E-state index in [1.165, 1.54) is 12.8 Å². The summed E-state index contributed by atoms with van der Waals surface area (Å²) in [4.78, 5) is 19.5. The number of anilines is 1. The number of allylic oxidation sites excluding steroid dienone is 2. The van der Waals surface area contributed by atoms with Crippen LogP contribution in [0, 0.1) is 0 Å². The summed E-state index contributed by atoms with van der Waals surface area (Å²) in [5, 5.41) is 6.44. The molecule has 35 heavy (non-hydrogen) atoms. The second kappa shape index (κ2) is 13.4. The normalized spacial score (nSPS) is 16.9. The molecule has 2 aromatic rings. The number of nitrogens with zero attached hydrogens (tertiary/aromatic N) is 2. The van der Waals surface area contributed by atoms with E-state index in [1.54, 1.807) is 18.5 Å². The second-order valence-corrected chi connectivity index (χ2v) is 8.45. The van der Waals surface area contributed by atoms with Crippen LogP contribution in [0.3, 0.4) is 0 Å². The fourth-order valence-electron chi connectivity index (χ4n) is 3.95. The minimum atomic E-state index is 0.261. The van der Waals surface area contributed by atoms with E-state index >= 15 is 0 Å². The van der Waals surface area contributed by atoms with Gasteiger partial charge in [0, 0.05) is 55.2 Å². The number of hydrogen-bond acceptors (Lipinski definition) is 8. The molecular formula is C27H35N5O3. The van der Waals surface area contributed by atoms with Crippen LogP contribution < -0.4 is 21.1 Å². The molecule has 3 heterocycles. The van der Waals surface area contributed by atoms with Gasteiger partial charge in [0.1, 0.15) is 23.7 Å². The number of likely N-dealkylation sites (N-methyl/N-ethyl adjacent to an activating group) is 1. The minimum absolute atomic E-state index is 0.261. The third-order valence-electron chi connectivity index (χ3n) is 5.72. The van der Waals surface area contributed by atoms with Crippen molar-refractivity contribution in [2.45, 2.75) is 38.8 Å². The number of rotatable bonds is 9. The highest BCUT2D eigenvalue weighted by Crippen LogP contribution is 2.37. The number of nitrogens with one attached hydrogen (secondary N) is 2. The first-order chi connectivity index (χ1) is 17.0. The number of pyridine rings is 1. The van der Waals surface area contributed by atoms with Crippen LogP contribution in [0.1, 0.15) is 46.8 Å². The molecule has 0 radical (unpaired) electrons. The molecule has 1 atom stereocenters. The highest BCUT2D eigenvalue weighted by molar-refractivity contribution is 5.86. The van der Waals surface area contributed by atoms with Crippen LogP contribution in [0.4, 0.5) is 5.82 Å². The van der Waals surface area contributed by atoms with Crippen LogP contribution in [-0.4, -0.2) is 50.4 Å². The van der Waals surface area contributed by atoms with Gasteiger partial charge in [-0.25, -0.2) is 9.98 Å². The van der Waals surface area contributed by atoms with Gasteiger partial charge in [-0.15, -0.1) is 0 Å². The molecule has 0 amide bonds. The third kappa shape index (κ3) is 7.77. The largest absolute Gasteiger partial charge is 0.492 e. The molecule has 4 rings (SSSR count). The van der Waals surface area contributed by atoms with E-state index in [0.29, 0.717) is 24.8 Å². The van der Waals surface area contributed by atoms with Crippen molar-refractivity contribution in [2.24, 2.45) is 10.7 Å². The van der Waals surface area contributed by atoms with E-state index in [1.807, 2.05) is 38.2 Å². The van der Waals surface area contributed by atoms with Gasteiger partial charge >= 0.3 is 0 Å². The van der Waals surface area contributed by atoms with Gasteiger partial charge in [-0.2, -0.15) is 0 Å². The predicted octanol–water partition coefficient (Wildman–Crippen LogP) is 3.73. The van der Waals surface area contributed by atoms with Gasteiger partial charge in [0.05, 0.1) is 12.7 Å². The monoisotopic (exact) mass is 477 g/mol. The van der Waals surface area contributed by atoms with Crippen LogP contribution in [0.2, 0.25) is 0 Å². The SMILES string of the molecule is C=C(N)/N=C\C=C(/C)c1cnc(NCc2cccc(C=O)c2)c2c1OCC2.CNCC1CCCO1. The number of nitrogens with two attached hydrogens (primary N) is 1. The molecule has 8 nitrogen and oxygen atoms in total.